The fourth-order valence-corrected chi connectivity index (χ4v) is 2.55. The van der Waals surface area contributed by atoms with E-state index in [1.807, 2.05) is 18.2 Å². The van der Waals surface area contributed by atoms with Gasteiger partial charge < -0.3 is 20.0 Å². The van der Waals surface area contributed by atoms with Crippen LogP contribution in [0.1, 0.15) is 18.4 Å². The van der Waals surface area contributed by atoms with E-state index in [-0.39, 0.29) is 19.1 Å². The molecule has 0 saturated heterocycles. The molecular formula is C15H20N2O4. The minimum absolute atomic E-state index is 0.0541. The van der Waals surface area contributed by atoms with E-state index in [2.05, 4.69) is 0 Å². The number of likely N-dealkylation sites (N-methyl/N-ethyl adjacent to an activating group) is 1. The third kappa shape index (κ3) is 3.52. The van der Waals surface area contributed by atoms with Gasteiger partial charge in [0.15, 0.2) is 0 Å². The van der Waals surface area contributed by atoms with Crippen LogP contribution in [-0.4, -0.2) is 48.8 Å². The minimum Gasteiger partial charge on any atom is -0.480 e. The summed E-state index contributed by atoms with van der Waals surface area (Å²) < 4.78 is 0. The van der Waals surface area contributed by atoms with Crippen LogP contribution in [0.25, 0.3) is 0 Å². The second kappa shape index (κ2) is 6.58. The van der Waals surface area contributed by atoms with Crippen LogP contribution in [0.15, 0.2) is 18.2 Å². The predicted molar refractivity (Wildman–Crippen MR) is 79.7 cm³/mol. The Hall–Kier alpha value is -2.08. The third-order valence-electron chi connectivity index (χ3n) is 3.62. The third-order valence-corrected chi connectivity index (χ3v) is 3.62. The van der Waals surface area contributed by atoms with Gasteiger partial charge in [-0.2, -0.15) is 0 Å². The lowest BCUT2D eigenvalue weighted by atomic mass is 10.00. The number of amides is 1. The molecule has 0 spiro atoms. The first-order chi connectivity index (χ1) is 10.0. The van der Waals surface area contributed by atoms with Crippen LogP contribution in [-0.2, 0) is 16.0 Å². The topological polar surface area (TPSA) is 81.1 Å². The highest BCUT2D eigenvalue weighted by Gasteiger charge is 2.24. The number of aliphatic hydroxyl groups excluding tert-OH is 1. The molecule has 21 heavy (non-hydrogen) atoms. The summed E-state index contributed by atoms with van der Waals surface area (Å²) in [6, 6.07) is 5.63. The minimum atomic E-state index is -0.880. The van der Waals surface area contributed by atoms with E-state index in [9.17, 15) is 9.59 Å². The van der Waals surface area contributed by atoms with Gasteiger partial charge in [-0.05, 0) is 36.6 Å². The van der Waals surface area contributed by atoms with Gasteiger partial charge in [-0.3, -0.25) is 9.59 Å². The van der Waals surface area contributed by atoms with Crippen LogP contribution < -0.4 is 9.80 Å². The molecule has 1 aliphatic rings. The molecule has 0 aliphatic carbocycles. The van der Waals surface area contributed by atoms with Gasteiger partial charge >= 0.3 is 5.97 Å². The Morgan fingerprint density at radius 3 is 2.81 bits per heavy atom. The quantitative estimate of drug-likeness (QED) is 0.813. The number of carbonyl (C=O) groups is 2. The van der Waals surface area contributed by atoms with Crippen molar-refractivity contribution in [2.45, 2.75) is 19.3 Å². The Bertz CT molecular complexity index is 544. The van der Waals surface area contributed by atoms with Crippen molar-refractivity contribution in [1.29, 1.82) is 0 Å². The summed E-state index contributed by atoms with van der Waals surface area (Å²) in [5, 5.41) is 17.8. The Labute approximate surface area is 123 Å². The van der Waals surface area contributed by atoms with E-state index in [0.29, 0.717) is 25.8 Å². The van der Waals surface area contributed by atoms with E-state index in [1.54, 1.807) is 16.8 Å². The lowest BCUT2D eigenvalue weighted by Crippen LogP contribution is -2.36. The summed E-state index contributed by atoms with van der Waals surface area (Å²) in [5.41, 5.74) is 2.74. The van der Waals surface area contributed by atoms with Gasteiger partial charge in [0.1, 0.15) is 6.54 Å². The SMILES string of the molecule is CN(CC(=O)O)c1ccc2c(c1)CCC(=O)N2CCCO. The molecule has 1 aromatic carbocycles. The summed E-state index contributed by atoms with van der Waals surface area (Å²) in [7, 11) is 1.73. The van der Waals surface area contributed by atoms with Crippen molar-refractivity contribution in [3.8, 4) is 0 Å². The van der Waals surface area contributed by atoms with E-state index in [4.69, 9.17) is 10.2 Å². The number of carboxylic acid groups (broad SMARTS) is 1. The molecule has 0 unspecified atom stereocenters. The van der Waals surface area contributed by atoms with E-state index >= 15 is 0 Å². The predicted octanol–water partition coefficient (Wildman–Crippen LogP) is 0.869. The molecule has 1 heterocycles. The van der Waals surface area contributed by atoms with Gasteiger partial charge in [-0.1, -0.05) is 0 Å². The molecule has 1 aliphatic heterocycles. The Morgan fingerprint density at radius 2 is 2.14 bits per heavy atom. The van der Waals surface area contributed by atoms with Crippen molar-refractivity contribution >= 4 is 23.3 Å². The molecule has 2 rings (SSSR count). The molecule has 0 saturated carbocycles. The van der Waals surface area contributed by atoms with Crippen molar-refractivity contribution in [3.63, 3.8) is 0 Å². The number of carbonyl (C=O) groups excluding carboxylic acids is 1. The van der Waals surface area contributed by atoms with Crippen LogP contribution >= 0.6 is 0 Å². The van der Waals surface area contributed by atoms with Crippen molar-refractivity contribution in [2.75, 3.05) is 36.5 Å². The number of aliphatic hydroxyl groups is 1. The number of aliphatic carboxylic acids is 1. The first kappa shape index (κ1) is 15.3. The lowest BCUT2D eigenvalue weighted by molar-refractivity contribution is -0.135. The number of hydrogen-bond donors (Lipinski definition) is 2. The van der Waals surface area contributed by atoms with Crippen LogP contribution in [0.2, 0.25) is 0 Å². The number of rotatable bonds is 6. The van der Waals surface area contributed by atoms with Gasteiger partial charge in [-0.15, -0.1) is 0 Å². The molecule has 6 nitrogen and oxygen atoms in total. The largest absolute Gasteiger partial charge is 0.480 e. The first-order valence-corrected chi connectivity index (χ1v) is 7.00. The normalized spacial score (nSPS) is 14.0. The van der Waals surface area contributed by atoms with Crippen molar-refractivity contribution < 1.29 is 19.8 Å². The van der Waals surface area contributed by atoms with Gasteiger partial charge in [0.25, 0.3) is 0 Å². The molecule has 2 N–H and O–H groups in total. The van der Waals surface area contributed by atoms with E-state index in [1.165, 1.54) is 0 Å². The van der Waals surface area contributed by atoms with Crippen LogP contribution in [0.4, 0.5) is 11.4 Å². The maximum absolute atomic E-state index is 12.0. The summed E-state index contributed by atoms with van der Waals surface area (Å²) in [4.78, 5) is 26.1. The molecule has 0 radical (unpaired) electrons. The van der Waals surface area contributed by atoms with Gasteiger partial charge in [-0.25, -0.2) is 0 Å². The zero-order valence-electron chi connectivity index (χ0n) is 12.1. The van der Waals surface area contributed by atoms with Crippen molar-refractivity contribution in [2.24, 2.45) is 0 Å². The second-order valence-electron chi connectivity index (χ2n) is 5.19. The first-order valence-electron chi connectivity index (χ1n) is 7.00. The maximum atomic E-state index is 12.0. The molecule has 6 heteroatoms. The number of nitrogens with zero attached hydrogens (tertiary/aromatic N) is 2. The highest BCUT2D eigenvalue weighted by molar-refractivity contribution is 5.96. The summed E-state index contributed by atoms with van der Waals surface area (Å²) in [5.74, 6) is -0.808. The molecule has 0 bridgehead atoms. The monoisotopic (exact) mass is 292 g/mol. The number of fused-ring (bicyclic) bond motifs is 1. The highest BCUT2D eigenvalue weighted by Crippen LogP contribution is 2.31. The fourth-order valence-electron chi connectivity index (χ4n) is 2.55. The van der Waals surface area contributed by atoms with Gasteiger partial charge in [0, 0.05) is 38.0 Å². The van der Waals surface area contributed by atoms with Crippen LogP contribution in [0.3, 0.4) is 0 Å². The average molecular weight is 292 g/mol. The van der Waals surface area contributed by atoms with Crippen molar-refractivity contribution in [1.82, 2.24) is 0 Å². The zero-order valence-corrected chi connectivity index (χ0v) is 12.1. The number of aryl methyl sites for hydroxylation is 1. The Kier molecular flexibility index (Phi) is 4.80. The standard InChI is InChI=1S/C15H20N2O4/c1-16(10-15(20)21)12-4-5-13-11(9-12)3-6-14(19)17(13)7-2-8-18/h4-5,9,18H,2-3,6-8,10H2,1H3,(H,20,21). The maximum Gasteiger partial charge on any atom is 0.323 e. The molecule has 0 fully saturated rings. The molecule has 1 aromatic rings. The molecular weight excluding hydrogens is 272 g/mol. The number of benzene rings is 1. The van der Waals surface area contributed by atoms with E-state index in [0.717, 1.165) is 16.9 Å². The number of carboxylic acids is 1. The Balaban J connectivity index is 2.23. The summed E-state index contributed by atoms with van der Waals surface area (Å²) in [6.07, 6.45) is 1.66. The highest BCUT2D eigenvalue weighted by atomic mass is 16.4. The van der Waals surface area contributed by atoms with Crippen LogP contribution in [0.5, 0.6) is 0 Å². The second-order valence-corrected chi connectivity index (χ2v) is 5.19. The van der Waals surface area contributed by atoms with Crippen LogP contribution in [0, 0.1) is 0 Å². The number of hydrogen-bond acceptors (Lipinski definition) is 4. The zero-order chi connectivity index (χ0) is 15.4. The molecule has 1 amide bonds. The fraction of sp³-hybridized carbons (Fsp3) is 0.467. The average Bonchev–Trinajstić information content (AvgIpc) is 2.45. The molecule has 0 atom stereocenters. The molecule has 114 valence electrons. The number of anilines is 2. The van der Waals surface area contributed by atoms with Gasteiger partial charge in [0.05, 0.1) is 0 Å². The summed E-state index contributed by atoms with van der Waals surface area (Å²) in [6.45, 7) is 0.497. The molecule has 0 aromatic heterocycles. The lowest BCUT2D eigenvalue weighted by Gasteiger charge is -2.30. The summed E-state index contributed by atoms with van der Waals surface area (Å²) >= 11 is 0. The van der Waals surface area contributed by atoms with Gasteiger partial charge in [0.2, 0.25) is 5.91 Å². The van der Waals surface area contributed by atoms with E-state index < -0.39 is 5.97 Å². The van der Waals surface area contributed by atoms with Crippen molar-refractivity contribution in [3.05, 3.63) is 23.8 Å². The smallest absolute Gasteiger partial charge is 0.323 e. The Morgan fingerprint density at radius 1 is 1.38 bits per heavy atom.